The number of carbonyl (C=O) groups is 2. The Balaban J connectivity index is 1.59. The highest BCUT2D eigenvalue weighted by Gasteiger charge is 2.18. The molecule has 3 aromatic heterocycles. The highest BCUT2D eigenvalue weighted by Crippen LogP contribution is 2.17. The van der Waals surface area contributed by atoms with Gasteiger partial charge in [0.1, 0.15) is 17.0 Å². The van der Waals surface area contributed by atoms with E-state index in [0.29, 0.717) is 12.2 Å². The summed E-state index contributed by atoms with van der Waals surface area (Å²) >= 11 is 0. The molecule has 0 saturated heterocycles. The van der Waals surface area contributed by atoms with Crippen LogP contribution in [0.25, 0.3) is 11.5 Å². The number of hydrogen-bond donors (Lipinski definition) is 3. The second kappa shape index (κ2) is 8.95. The third-order valence-corrected chi connectivity index (χ3v) is 4.00. The zero-order chi connectivity index (χ0) is 20.8. The fourth-order valence-corrected chi connectivity index (χ4v) is 2.50. The first-order chi connectivity index (χ1) is 14.0. The molecule has 0 aliphatic rings. The molecule has 11 nitrogen and oxygen atoms in total. The lowest BCUT2D eigenvalue weighted by atomic mass is 10.2. The molecule has 0 spiro atoms. The number of nitrogens with one attached hydrogen (secondary N) is 1. The second-order valence-electron chi connectivity index (χ2n) is 6.27. The highest BCUT2D eigenvalue weighted by atomic mass is 16.5. The number of anilines is 1. The minimum atomic E-state index is -1.16. The molecule has 0 aromatic carbocycles. The van der Waals surface area contributed by atoms with Gasteiger partial charge in [-0.3, -0.25) is 9.48 Å². The van der Waals surface area contributed by atoms with Crippen LogP contribution in [0.4, 0.5) is 5.82 Å². The minimum Gasteiger partial charge on any atom is -0.506 e. The van der Waals surface area contributed by atoms with E-state index < -0.39 is 11.9 Å². The Morgan fingerprint density at radius 3 is 2.83 bits per heavy atom. The van der Waals surface area contributed by atoms with Crippen LogP contribution in [-0.4, -0.2) is 47.0 Å². The van der Waals surface area contributed by atoms with Gasteiger partial charge in [-0.15, -0.1) is 0 Å². The van der Waals surface area contributed by atoms with Crippen LogP contribution in [0.5, 0.6) is 5.75 Å². The average Bonchev–Trinajstić information content (AvgIpc) is 3.32. The number of pyridine rings is 1. The van der Waals surface area contributed by atoms with Crippen molar-refractivity contribution < 1.29 is 24.3 Å². The molecule has 0 aliphatic heterocycles. The number of aromatic hydroxyl groups is 1. The Morgan fingerprint density at radius 1 is 1.31 bits per heavy atom. The highest BCUT2D eigenvalue weighted by molar-refractivity contribution is 5.99. The first-order valence-corrected chi connectivity index (χ1v) is 9.05. The Kier molecular flexibility index (Phi) is 6.17. The van der Waals surface area contributed by atoms with Crippen LogP contribution in [0, 0.1) is 0 Å². The maximum atomic E-state index is 12.2. The summed E-state index contributed by atoms with van der Waals surface area (Å²) < 4.78 is 6.61. The van der Waals surface area contributed by atoms with Gasteiger partial charge in [-0.25, -0.2) is 9.78 Å². The zero-order valence-electron chi connectivity index (χ0n) is 15.7. The molecule has 0 unspecified atom stereocenters. The molecule has 3 rings (SSSR count). The smallest absolute Gasteiger partial charge is 0.341 e. The lowest BCUT2D eigenvalue weighted by Crippen LogP contribution is -2.15. The summed E-state index contributed by atoms with van der Waals surface area (Å²) in [5.74, 6) is -1.08. The molecule has 0 aliphatic carbocycles. The summed E-state index contributed by atoms with van der Waals surface area (Å²) in [7, 11) is 0. The molecule has 3 aromatic rings. The number of carbonyl (C=O) groups excluding carboxylic acids is 1. The molecule has 29 heavy (non-hydrogen) atoms. The van der Waals surface area contributed by atoms with Crippen molar-refractivity contribution in [2.75, 3.05) is 5.32 Å². The molecular formula is C18H20N6O5. The molecule has 3 N–H and O–H groups in total. The summed E-state index contributed by atoms with van der Waals surface area (Å²) in [6.45, 7) is 2.59. The largest absolute Gasteiger partial charge is 0.506 e. The molecule has 3 heterocycles. The predicted octanol–water partition coefficient (Wildman–Crippen LogP) is 2.10. The lowest BCUT2D eigenvalue weighted by molar-refractivity contribution is -0.116. The number of aryl methyl sites for hydroxylation is 2. The lowest BCUT2D eigenvalue weighted by Gasteiger charge is -2.02. The van der Waals surface area contributed by atoms with Crippen molar-refractivity contribution in [1.82, 2.24) is 24.9 Å². The minimum absolute atomic E-state index is 0.00547. The van der Waals surface area contributed by atoms with Crippen LogP contribution in [0.2, 0.25) is 0 Å². The van der Waals surface area contributed by atoms with Gasteiger partial charge in [-0.2, -0.15) is 10.1 Å². The van der Waals surface area contributed by atoms with Gasteiger partial charge < -0.3 is 20.1 Å². The number of carboxylic acids is 1. The van der Waals surface area contributed by atoms with Crippen LogP contribution in [0.15, 0.2) is 29.0 Å². The molecule has 0 bridgehead atoms. The molecule has 1 amide bonds. The first kappa shape index (κ1) is 20.0. The maximum absolute atomic E-state index is 12.2. The van der Waals surface area contributed by atoms with Crippen molar-refractivity contribution in [1.29, 1.82) is 0 Å². The molecule has 0 atom stereocenters. The predicted molar refractivity (Wildman–Crippen MR) is 100 cm³/mol. The van der Waals surface area contributed by atoms with Gasteiger partial charge in [0.05, 0.1) is 6.20 Å². The van der Waals surface area contributed by atoms with Crippen LogP contribution in [-0.2, 0) is 17.8 Å². The van der Waals surface area contributed by atoms with Gasteiger partial charge in [0.25, 0.3) is 0 Å². The summed E-state index contributed by atoms with van der Waals surface area (Å²) in [6.07, 6.45) is 4.63. The number of carboxylic acid groups (broad SMARTS) is 1. The number of unbranched alkanes of at least 4 members (excludes halogenated alkanes) is 1. The normalized spacial score (nSPS) is 10.8. The van der Waals surface area contributed by atoms with Gasteiger partial charge in [0.2, 0.25) is 17.6 Å². The molecule has 0 saturated carbocycles. The first-order valence-electron chi connectivity index (χ1n) is 9.05. The van der Waals surface area contributed by atoms with E-state index in [1.165, 1.54) is 23.1 Å². The SMILES string of the molecule is CCCCn1cc(C(=O)O)c(NC(=O)CCc2nc(-c3ccc(O)cn3)no2)n1. The number of aromatic nitrogens is 5. The van der Waals surface area contributed by atoms with E-state index in [0.717, 1.165) is 12.8 Å². The van der Waals surface area contributed by atoms with E-state index in [4.69, 9.17) is 4.52 Å². The number of hydrogen-bond acceptors (Lipinski definition) is 8. The van der Waals surface area contributed by atoms with Crippen LogP contribution in [0.3, 0.4) is 0 Å². The molecule has 11 heteroatoms. The molecule has 152 valence electrons. The fourth-order valence-electron chi connectivity index (χ4n) is 2.50. The molecule has 0 radical (unpaired) electrons. The van der Waals surface area contributed by atoms with E-state index in [-0.39, 0.29) is 41.7 Å². The Labute approximate surface area is 165 Å². The Bertz CT molecular complexity index is 995. The van der Waals surface area contributed by atoms with Crippen LogP contribution in [0.1, 0.15) is 42.4 Å². The van der Waals surface area contributed by atoms with Crippen molar-refractivity contribution in [2.45, 2.75) is 39.2 Å². The van der Waals surface area contributed by atoms with Gasteiger partial charge in [-0.05, 0) is 18.6 Å². The average molecular weight is 400 g/mol. The summed E-state index contributed by atoms with van der Waals surface area (Å²) in [6, 6.07) is 2.99. The third-order valence-electron chi connectivity index (χ3n) is 4.00. The number of amides is 1. The number of nitrogens with zero attached hydrogens (tertiary/aromatic N) is 5. The molecule has 0 fully saturated rings. The van der Waals surface area contributed by atoms with E-state index in [1.54, 1.807) is 6.07 Å². The fraction of sp³-hybridized carbons (Fsp3) is 0.333. The maximum Gasteiger partial charge on any atom is 0.341 e. The van der Waals surface area contributed by atoms with Crippen molar-refractivity contribution in [3.63, 3.8) is 0 Å². The van der Waals surface area contributed by atoms with Crippen molar-refractivity contribution in [3.8, 4) is 17.3 Å². The zero-order valence-corrected chi connectivity index (χ0v) is 15.7. The third kappa shape index (κ3) is 5.15. The Hall–Kier alpha value is -3.76. The van der Waals surface area contributed by atoms with Crippen molar-refractivity contribution >= 4 is 17.7 Å². The van der Waals surface area contributed by atoms with Crippen molar-refractivity contribution in [3.05, 3.63) is 36.0 Å². The van der Waals surface area contributed by atoms with Gasteiger partial charge in [-0.1, -0.05) is 18.5 Å². The molecular weight excluding hydrogens is 380 g/mol. The van der Waals surface area contributed by atoms with Gasteiger partial charge in [0.15, 0.2) is 5.82 Å². The Morgan fingerprint density at radius 2 is 2.14 bits per heavy atom. The quantitative estimate of drug-likeness (QED) is 0.489. The van der Waals surface area contributed by atoms with E-state index in [9.17, 15) is 19.8 Å². The summed E-state index contributed by atoms with van der Waals surface area (Å²) in [5.41, 5.74) is 0.360. The number of rotatable bonds is 9. The van der Waals surface area contributed by atoms with E-state index in [2.05, 4.69) is 25.5 Å². The standard InChI is InChI=1S/C18H20N6O5/c1-2-3-8-24-10-12(18(27)28)16(22-24)20-14(26)6-7-15-21-17(23-29-15)13-5-4-11(25)9-19-13/h4-5,9-10,25H,2-3,6-8H2,1H3,(H,27,28)(H,20,22,26). The monoisotopic (exact) mass is 400 g/mol. The van der Waals surface area contributed by atoms with Crippen LogP contribution < -0.4 is 5.32 Å². The second-order valence-corrected chi connectivity index (χ2v) is 6.27. The van der Waals surface area contributed by atoms with Crippen molar-refractivity contribution in [2.24, 2.45) is 0 Å². The van der Waals surface area contributed by atoms with E-state index >= 15 is 0 Å². The van der Waals surface area contributed by atoms with E-state index in [1.807, 2.05) is 6.92 Å². The van der Waals surface area contributed by atoms with Crippen LogP contribution >= 0.6 is 0 Å². The topological polar surface area (TPSA) is 156 Å². The number of aromatic carboxylic acids is 1. The van der Waals surface area contributed by atoms with Gasteiger partial charge in [0, 0.05) is 25.6 Å². The summed E-state index contributed by atoms with van der Waals surface area (Å²) in [5, 5.41) is 29.0. The van der Waals surface area contributed by atoms with Gasteiger partial charge >= 0.3 is 5.97 Å². The summed E-state index contributed by atoms with van der Waals surface area (Å²) in [4.78, 5) is 31.7.